The van der Waals surface area contributed by atoms with Crippen molar-refractivity contribution in [3.05, 3.63) is 44.8 Å². The number of hydrogen-bond donors (Lipinski definition) is 2. The number of carbonyl (C=O) groups is 2. The van der Waals surface area contributed by atoms with Crippen LogP contribution in [0.4, 0.5) is 5.00 Å². The molecule has 7 nitrogen and oxygen atoms in total. The van der Waals surface area contributed by atoms with Gasteiger partial charge in [-0.25, -0.2) is 8.42 Å². The number of aryl methyl sites for hydroxylation is 1. The summed E-state index contributed by atoms with van der Waals surface area (Å²) < 4.78 is 27.4. The molecule has 1 aliphatic heterocycles. The Kier molecular flexibility index (Phi) is 6.33. The van der Waals surface area contributed by atoms with Gasteiger partial charge in [-0.15, -0.1) is 11.3 Å². The van der Waals surface area contributed by atoms with Gasteiger partial charge in [-0.05, 0) is 50.5 Å². The Morgan fingerprint density at radius 2 is 1.83 bits per heavy atom. The summed E-state index contributed by atoms with van der Waals surface area (Å²) in [6.07, 6.45) is 2.58. The van der Waals surface area contributed by atoms with Crippen LogP contribution in [0, 0.1) is 13.8 Å². The normalized spacial score (nSPS) is 15.3. The number of amides is 2. The first-order valence-corrected chi connectivity index (χ1v) is 11.8. The molecule has 2 amide bonds. The highest BCUT2D eigenvalue weighted by atomic mass is 35.5. The van der Waals surface area contributed by atoms with Gasteiger partial charge in [-0.1, -0.05) is 18.0 Å². The molecule has 3 rings (SSSR count). The lowest BCUT2D eigenvalue weighted by Crippen LogP contribution is -2.35. The molecule has 3 N–H and O–H groups in total. The number of sulfonamides is 1. The molecule has 1 aromatic heterocycles. The number of nitrogens with two attached hydrogens (primary N) is 1. The lowest BCUT2D eigenvalue weighted by Gasteiger charge is -2.26. The molecule has 1 aliphatic rings. The summed E-state index contributed by atoms with van der Waals surface area (Å²) >= 11 is 7.40. The molecule has 0 saturated carbocycles. The van der Waals surface area contributed by atoms with Crippen LogP contribution < -0.4 is 11.1 Å². The summed E-state index contributed by atoms with van der Waals surface area (Å²) in [6.45, 7) is 4.45. The largest absolute Gasteiger partial charge is 0.365 e. The van der Waals surface area contributed by atoms with Gasteiger partial charge in [0.05, 0.1) is 10.6 Å². The van der Waals surface area contributed by atoms with Crippen molar-refractivity contribution in [3.8, 4) is 0 Å². The van der Waals surface area contributed by atoms with Crippen LogP contribution in [0.2, 0.25) is 5.02 Å². The quantitative estimate of drug-likeness (QED) is 0.718. The van der Waals surface area contributed by atoms with Crippen LogP contribution in [0.5, 0.6) is 0 Å². The maximum absolute atomic E-state index is 13.0. The van der Waals surface area contributed by atoms with Crippen molar-refractivity contribution >= 4 is 49.8 Å². The molecule has 0 aliphatic carbocycles. The summed E-state index contributed by atoms with van der Waals surface area (Å²) in [6, 6.07) is 4.12. The lowest BCUT2D eigenvalue weighted by molar-refractivity contribution is 0.100. The summed E-state index contributed by atoms with van der Waals surface area (Å²) in [4.78, 5) is 25.3. The van der Waals surface area contributed by atoms with E-state index < -0.39 is 21.8 Å². The van der Waals surface area contributed by atoms with Gasteiger partial charge in [0, 0.05) is 23.5 Å². The van der Waals surface area contributed by atoms with E-state index in [2.05, 4.69) is 5.32 Å². The zero-order chi connectivity index (χ0) is 21.3. The van der Waals surface area contributed by atoms with Gasteiger partial charge < -0.3 is 11.1 Å². The predicted octanol–water partition coefficient (Wildman–Crippen LogP) is 3.54. The van der Waals surface area contributed by atoms with E-state index in [0.717, 1.165) is 24.1 Å². The molecule has 0 radical (unpaired) electrons. The van der Waals surface area contributed by atoms with E-state index in [9.17, 15) is 18.0 Å². The van der Waals surface area contributed by atoms with E-state index in [4.69, 9.17) is 17.3 Å². The molecule has 29 heavy (non-hydrogen) atoms. The van der Waals surface area contributed by atoms with Gasteiger partial charge in [0.1, 0.15) is 9.90 Å². The molecule has 0 unspecified atom stereocenters. The summed E-state index contributed by atoms with van der Waals surface area (Å²) in [5.74, 6) is -1.17. The van der Waals surface area contributed by atoms with Crippen molar-refractivity contribution in [2.45, 2.75) is 38.0 Å². The second-order valence-corrected chi connectivity index (χ2v) is 10.5. The highest BCUT2D eigenvalue weighted by molar-refractivity contribution is 7.89. The first kappa shape index (κ1) is 21.8. The van der Waals surface area contributed by atoms with E-state index in [1.54, 1.807) is 6.92 Å². The SMILES string of the molecule is Cc1sc(NC(=O)c2ccc(Cl)c(S(=O)(=O)N3CCCCC3)c2)c(C(N)=O)c1C. The van der Waals surface area contributed by atoms with Crippen LogP contribution in [-0.2, 0) is 10.0 Å². The molecule has 156 valence electrons. The Balaban J connectivity index is 1.93. The standard InChI is InChI=1S/C19H22ClN3O4S2/c1-11-12(2)28-19(16(11)17(21)24)22-18(25)13-6-7-14(20)15(10-13)29(26,27)23-8-4-3-5-9-23/h6-7,10H,3-5,8-9H2,1-2H3,(H2,21,24)(H,22,25). The van der Waals surface area contributed by atoms with Gasteiger partial charge in [0.25, 0.3) is 11.8 Å². The minimum atomic E-state index is -3.80. The minimum Gasteiger partial charge on any atom is -0.365 e. The number of thiophene rings is 1. The molecule has 0 spiro atoms. The van der Waals surface area contributed by atoms with E-state index in [-0.39, 0.29) is 21.0 Å². The van der Waals surface area contributed by atoms with E-state index in [1.807, 2.05) is 6.92 Å². The molecular weight excluding hydrogens is 434 g/mol. The Morgan fingerprint density at radius 1 is 1.17 bits per heavy atom. The smallest absolute Gasteiger partial charge is 0.256 e. The molecule has 1 aromatic carbocycles. The third-order valence-corrected chi connectivity index (χ3v) is 8.49. The molecule has 0 atom stereocenters. The maximum atomic E-state index is 13.0. The van der Waals surface area contributed by atoms with Crippen LogP contribution in [0.3, 0.4) is 0 Å². The van der Waals surface area contributed by atoms with Crippen molar-refractivity contribution < 1.29 is 18.0 Å². The molecule has 2 aromatic rings. The summed E-state index contributed by atoms with van der Waals surface area (Å²) in [5, 5.41) is 3.08. The average Bonchev–Trinajstić information content (AvgIpc) is 2.96. The number of benzene rings is 1. The second kappa shape index (κ2) is 8.43. The van der Waals surface area contributed by atoms with Gasteiger partial charge in [-0.2, -0.15) is 4.31 Å². The fraction of sp³-hybridized carbons (Fsp3) is 0.368. The van der Waals surface area contributed by atoms with Gasteiger partial charge in [0.2, 0.25) is 10.0 Å². The number of rotatable bonds is 5. The van der Waals surface area contributed by atoms with Crippen LogP contribution in [-0.4, -0.2) is 37.6 Å². The predicted molar refractivity (Wildman–Crippen MR) is 114 cm³/mol. The third kappa shape index (κ3) is 4.32. The number of carbonyl (C=O) groups excluding carboxylic acids is 2. The monoisotopic (exact) mass is 455 g/mol. The van der Waals surface area contributed by atoms with Gasteiger partial charge in [-0.3, -0.25) is 9.59 Å². The van der Waals surface area contributed by atoms with Crippen LogP contribution in [0.25, 0.3) is 0 Å². The fourth-order valence-corrected chi connectivity index (χ4v) is 6.35. The lowest BCUT2D eigenvalue weighted by atomic mass is 10.1. The van der Waals surface area contributed by atoms with E-state index in [0.29, 0.717) is 23.7 Å². The Bertz CT molecular complexity index is 1070. The van der Waals surface area contributed by atoms with Crippen LogP contribution >= 0.6 is 22.9 Å². The molecule has 2 heterocycles. The first-order valence-electron chi connectivity index (χ1n) is 9.13. The third-order valence-electron chi connectivity index (χ3n) is 4.99. The average molecular weight is 456 g/mol. The number of piperidine rings is 1. The van der Waals surface area contributed by atoms with E-state index >= 15 is 0 Å². The van der Waals surface area contributed by atoms with Crippen molar-refractivity contribution in [1.82, 2.24) is 4.31 Å². The molecule has 10 heteroatoms. The maximum Gasteiger partial charge on any atom is 0.256 e. The van der Waals surface area contributed by atoms with Gasteiger partial charge in [0.15, 0.2) is 0 Å². The van der Waals surface area contributed by atoms with Crippen molar-refractivity contribution in [1.29, 1.82) is 0 Å². The Morgan fingerprint density at radius 3 is 2.45 bits per heavy atom. The van der Waals surface area contributed by atoms with Crippen molar-refractivity contribution in [2.75, 3.05) is 18.4 Å². The van der Waals surface area contributed by atoms with Crippen molar-refractivity contribution in [2.24, 2.45) is 5.73 Å². The number of nitrogens with one attached hydrogen (secondary N) is 1. The first-order chi connectivity index (χ1) is 13.6. The Hall–Kier alpha value is -1.94. The van der Waals surface area contributed by atoms with E-state index in [1.165, 1.54) is 33.8 Å². The number of hydrogen-bond acceptors (Lipinski definition) is 5. The Labute approximate surface area is 178 Å². The highest BCUT2D eigenvalue weighted by Gasteiger charge is 2.29. The molecule has 1 fully saturated rings. The van der Waals surface area contributed by atoms with Crippen LogP contribution in [0.15, 0.2) is 23.1 Å². The fourth-order valence-electron chi connectivity index (χ4n) is 3.27. The summed E-state index contributed by atoms with van der Waals surface area (Å²) in [5.41, 5.74) is 6.54. The number of halogens is 1. The van der Waals surface area contributed by atoms with Crippen molar-refractivity contribution in [3.63, 3.8) is 0 Å². The van der Waals surface area contributed by atoms with Gasteiger partial charge >= 0.3 is 0 Å². The number of anilines is 1. The minimum absolute atomic E-state index is 0.0627. The number of primary amides is 1. The molecule has 1 saturated heterocycles. The number of nitrogens with zero attached hydrogens (tertiary/aromatic N) is 1. The second-order valence-electron chi connectivity index (χ2n) is 6.92. The molecular formula is C19H22ClN3O4S2. The topological polar surface area (TPSA) is 110 Å². The highest BCUT2D eigenvalue weighted by Crippen LogP contribution is 2.33. The molecule has 0 bridgehead atoms. The van der Waals surface area contributed by atoms with Crippen LogP contribution in [0.1, 0.15) is 50.4 Å². The summed E-state index contributed by atoms with van der Waals surface area (Å²) in [7, 11) is -3.80. The zero-order valence-corrected chi connectivity index (χ0v) is 18.5. The zero-order valence-electron chi connectivity index (χ0n) is 16.1.